The average molecular weight is 354 g/mol. The Labute approximate surface area is 151 Å². The van der Waals surface area contributed by atoms with Crippen molar-refractivity contribution in [2.75, 3.05) is 7.05 Å². The van der Waals surface area contributed by atoms with Gasteiger partial charge in [-0.1, -0.05) is 27.7 Å². The smallest absolute Gasteiger partial charge is 0.242 e. The lowest BCUT2D eigenvalue weighted by Gasteiger charge is -2.17. The first-order valence-corrected chi connectivity index (χ1v) is 9.13. The number of amides is 2. The number of carbonyl (C=O) groups excluding carboxylic acids is 4. The summed E-state index contributed by atoms with van der Waals surface area (Å²) in [6.45, 7) is 7.86. The second-order valence-corrected chi connectivity index (χ2v) is 7.65. The fourth-order valence-electron chi connectivity index (χ4n) is 2.48. The molecule has 2 amide bonds. The standard InChI is InChI=1S/C19H34N2O4/c1-6-14(22)11-12-16(18(25)20-5)21-17(24)10-8-7-9-15(23)13-19(2,3)4/h16H,6-13H2,1-5H3,(H,20,25)(H,21,24). The Morgan fingerprint density at radius 3 is 2.04 bits per heavy atom. The van der Waals surface area contributed by atoms with E-state index in [9.17, 15) is 19.2 Å². The molecule has 2 N–H and O–H groups in total. The molecule has 0 aliphatic rings. The zero-order chi connectivity index (χ0) is 19.5. The highest BCUT2D eigenvalue weighted by molar-refractivity contribution is 5.88. The first kappa shape index (κ1) is 23.3. The van der Waals surface area contributed by atoms with Gasteiger partial charge in [0, 0.05) is 39.2 Å². The van der Waals surface area contributed by atoms with Gasteiger partial charge >= 0.3 is 0 Å². The molecule has 1 atom stereocenters. The fourth-order valence-corrected chi connectivity index (χ4v) is 2.48. The molecule has 25 heavy (non-hydrogen) atoms. The van der Waals surface area contributed by atoms with Crippen molar-refractivity contribution in [2.24, 2.45) is 5.41 Å². The molecule has 0 aromatic heterocycles. The van der Waals surface area contributed by atoms with Gasteiger partial charge in [0.25, 0.3) is 0 Å². The molecule has 0 aliphatic carbocycles. The summed E-state index contributed by atoms with van der Waals surface area (Å²) in [7, 11) is 1.50. The first-order chi connectivity index (χ1) is 11.6. The molecule has 0 saturated heterocycles. The van der Waals surface area contributed by atoms with Crippen molar-refractivity contribution in [3.05, 3.63) is 0 Å². The number of likely N-dealkylation sites (N-methyl/N-ethyl adjacent to an activating group) is 1. The lowest BCUT2D eigenvalue weighted by Crippen LogP contribution is -2.45. The third kappa shape index (κ3) is 12.3. The van der Waals surface area contributed by atoms with Crippen LogP contribution in [0.4, 0.5) is 0 Å². The molecule has 0 saturated carbocycles. The second kappa shape index (κ2) is 11.8. The van der Waals surface area contributed by atoms with Crippen LogP contribution in [0.5, 0.6) is 0 Å². The summed E-state index contributed by atoms with van der Waals surface area (Å²) in [5.41, 5.74) is -0.00881. The van der Waals surface area contributed by atoms with Crippen LogP contribution in [0.3, 0.4) is 0 Å². The van der Waals surface area contributed by atoms with E-state index in [0.29, 0.717) is 38.5 Å². The van der Waals surface area contributed by atoms with Crippen molar-refractivity contribution in [3.8, 4) is 0 Å². The summed E-state index contributed by atoms with van der Waals surface area (Å²) in [6.07, 6.45) is 3.59. The minimum Gasteiger partial charge on any atom is -0.357 e. The topological polar surface area (TPSA) is 92.3 Å². The van der Waals surface area contributed by atoms with Crippen LogP contribution >= 0.6 is 0 Å². The summed E-state index contributed by atoms with van der Waals surface area (Å²) in [5, 5.41) is 5.19. The van der Waals surface area contributed by atoms with Gasteiger partial charge in [-0.3, -0.25) is 19.2 Å². The van der Waals surface area contributed by atoms with E-state index >= 15 is 0 Å². The quantitative estimate of drug-likeness (QED) is 0.527. The third-order valence-electron chi connectivity index (χ3n) is 3.84. The van der Waals surface area contributed by atoms with Crippen LogP contribution in [0.25, 0.3) is 0 Å². The maximum Gasteiger partial charge on any atom is 0.242 e. The van der Waals surface area contributed by atoms with Crippen molar-refractivity contribution < 1.29 is 19.2 Å². The molecule has 1 unspecified atom stereocenters. The number of hydrogen-bond acceptors (Lipinski definition) is 4. The molecule has 144 valence electrons. The normalized spacial score (nSPS) is 12.4. The Morgan fingerprint density at radius 1 is 0.920 bits per heavy atom. The van der Waals surface area contributed by atoms with Crippen LogP contribution < -0.4 is 10.6 Å². The van der Waals surface area contributed by atoms with Crippen molar-refractivity contribution >= 4 is 23.4 Å². The molecule has 0 rings (SSSR count). The molecule has 0 aliphatic heterocycles. The molecule has 0 bridgehead atoms. The summed E-state index contributed by atoms with van der Waals surface area (Å²) >= 11 is 0. The van der Waals surface area contributed by atoms with Gasteiger partial charge in [-0.2, -0.15) is 0 Å². The van der Waals surface area contributed by atoms with Crippen LogP contribution in [-0.2, 0) is 19.2 Å². The van der Waals surface area contributed by atoms with Gasteiger partial charge in [0.2, 0.25) is 11.8 Å². The van der Waals surface area contributed by atoms with E-state index in [0.717, 1.165) is 0 Å². The lowest BCUT2D eigenvalue weighted by atomic mass is 9.88. The Bertz CT molecular complexity index is 467. The van der Waals surface area contributed by atoms with E-state index in [1.807, 2.05) is 20.8 Å². The summed E-state index contributed by atoms with van der Waals surface area (Å²) in [4.78, 5) is 47.0. The molecule has 0 fully saturated rings. The highest BCUT2D eigenvalue weighted by Crippen LogP contribution is 2.20. The fraction of sp³-hybridized carbons (Fsp3) is 0.789. The first-order valence-electron chi connectivity index (χ1n) is 9.13. The van der Waals surface area contributed by atoms with Gasteiger partial charge in [0.15, 0.2) is 0 Å². The number of nitrogens with one attached hydrogen (secondary N) is 2. The predicted octanol–water partition coefficient (Wildman–Crippen LogP) is 2.54. The van der Waals surface area contributed by atoms with Crippen molar-refractivity contribution in [1.82, 2.24) is 10.6 Å². The summed E-state index contributed by atoms with van der Waals surface area (Å²) < 4.78 is 0. The average Bonchev–Trinajstić information content (AvgIpc) is 2.52. The molecule has 0 spiro atoms. The summed E-state index contributed by atoms with van der Waals surface area (Å²) in [5.74, 6) is -0.229. The van der Waals surface area contributed by atoms with Crippen LogP contribution in [-0.4, -0.2) is 36.5 Å². The van der Waals surface area contributed by atoms with E-state index in [-0.39, 0.29) is 41.6 Å². The number of Topliss-reactive ketones (excluding diaryl/α,β-unsaturated/α-hetero) is 2. The van der Waals surface area contributed by atoms with E-state index in [1.165, 1.54) is 7.05 Å². The lowest BCUT2D eigenvalue weighted by molar-refractivity contribution is -0.129. The zero-order valence-electron chi connectivity index (χ0n) is 16.4. The number of carbonyl (C=O) groups is 4. The van der Waals surface area contributed by atoms with Crippen molar-refractivity contribution in [1.29, 1.82) is 0 Å². The maximum absolute atomic E-state index is 12.0. The molecule has 0 aromatic rings. The molecule has 0 heterocycles. The molecule has 6 heteroatoms. The van der Waals surface area contributed by atoms with Crippen LogP contribution in [0, 0.1) is 5.41 Å². The van der Waals surface area contributed by atoms with Gasteiger partial charge in [0.05, 0.1) is 0 Å². The third-order valence-corrected chi connectivity index (χ3v) is 3.84. The summed E-state index contributed by atoms with van der Waals surface area (Å²) in [6, 6.07) is -0.685. The zero-order valence-corrected chi connectivity index (χ0v) is 16.4. The molecular formula is C19H34N2O4. The van der Waals surface area contributed by atoms with E-state index in [2.05, 4.69) is 10.6 Å². The number of unbranched alkanes of at least 4 members (excludes halogenated alkanes) is 1. The van der Waals surface area contributed by atoms with Crippen LogP contribution in [0.15, 0.2) is 0 Å². The Morgan fingerprint density at radius 2 is 1.52 bits per heavy atom. The maximum atomic E-state index is 12.0. The highest BCUT2D eigenvalue weighted by Gasteiger charge is 2.20. The van der Waals surface area contributed by atoms with Crippen molar-refractivity contribution in [2.45, 2.75) is 85.1 Å². The van der Waals surface area contributed by atoms with Crippen LogP contribution in [0.2, 0.25) is 0 Å². The van der Waals surface area contributed by atoms with Gasteiger partial charge < -0.3 is 10.6 Å². The monoisotopic (exact) mass is 354 g/mol. The van der Waals surface area contributed by atoms with Crippen molar-refractivity contribution in [3.63, 3.8) is 0 Å². The largest absolute Gasteiger partial charge is 0.357 e. The Kier molecular flexibility index (Phi) is 11.0. The van der Waals surface area contributed by atoms with Gasteiger partial charge in [-0.25, -0.2) is 0 Å². The number of rotatable bonds is 12. The van der Waals surface area contributed by atoms with E-state index < -0.39 is 6.04 Å². The van der Waals surface area contributed by atoms with Gasteiger partial charge in [-0.15, -0.1) is 0 Å². The Hall–Kier alpha value is -1.72. The number of hydrogen-bond donors (Lipinski definition) is 2. The van der Waals surface area contributed by atoms with E-state index in [4.69, 9.17) is 0 Å². The minimum absolute atomic E-state index is 0.00881. The molecular weight excluding hydrogens is 320 g/mol. The van der Waals surface area contributed by atoms with Gasteiger partial charge in [-0.05, 0) is 24.7 Å². The number of ketones is 2. The Balaban J connectivity index is 4.19. The predicted molar refractivity (Wildman–Crippen MR) is 98.1 cm³/mol. The SMILES string of the molecule is CCC(=O)CCC(NC(=O)CCCCC(=O)CC(C)(C)C)C(=O)NC. The van der Waals surface area contributed by atoms with E-state index in [1.54, 1.807) is 6.92 Å². The van der Waals surface area contributed by atoms with Gasteiger partial charge in [0.1, 0.15) is 17.6 Å². The second-order valence-electron chi connectivity index (χ2n) is 7.65. The molecule has 0 radical (unpaired) electrons. The van der Waals surface area contributed by atoms with Crippen LogP contribution in [0.1, 0.15) is 79.1 Å². The molecule has 6 nitrogen and oxygen atoms in total. The minimum atomic E-state index is -0.685. The molecule has 0 aromatic carbocycles. The highest BCUT2D eigenvalue weighted by atomic mass is 16.2.